The van der Waals surface area contributed by atoms with Crippen LogP contribution in [-0.4, -0.2) is 30.1 Å². The van der Waals surface area contributed by atoms with Gasteiger partial charge in [-0.1, -0.05) is 13.8 Å². The van der Waals surface area contributed by atoms with Crippen molar-refractivity contribution in [3.05, 3.63) is 11.3 Å². The third-order valence-electron chi connectivity index (χ3n) is 1.84. The van der Waals surface area contributed by atoms with Gasteiger partial charge < -0.3 is 10.0 Å². The molecule has 0 saturated heterocycles. The molecular weight excluding hydrogens is 154 g/mol. The van der Waals surface area contributed by atoms with E-state index in [1.807, 2.05) is 13.8 Å². The summed E-state index contributed by atoms with van der Waals surface area (Å²) in [5.74, 6) is -0.835. The fourth-order valence-electron chi connectivity index (χ4n) is 1.24. The fraction of sp³-hybridized carbons (Fsp3) is 0.667. The van der Waals surface area contributed by atoms with Crippen LogP contribution in [0.5, 0.6) is 0 Å². The number of hydrogen-bond acceptors (Lipinski definition) is 2. The van der Waals surface area contributed by atoms with Crippen LogP contribution in [0.2, 0.25) is 0 Å². The van der Waals surface area contributed by atoms with E-state index in [9.17, 15) is 4.79 Å². The van der Waals surface area contributed by atoms with Gasteiger partial charge in [-0.25, -0.2) is 4.79 Å². The molecule has 0 fully saturated rings. The lowest BCUT2D eigenvalue weighted by Gasteiger charge is -2.16. The van der Waals surface area contributed by atoms with Gasteiger partial charge >= 0.3 is 5.97 Å². The molecule has 0 aromatic rings. The van der Waals surface area contributed by atoms with Crippen LogP contribution in [0.15, 0.2) is 11.3 Å². The van der Waals surface area contributed by atoms with E-state index in [0.717, 1.165) is 18.4 Å². The molecule has 12 heavy (non-hydrogen) atoms. The van der Waals surface area contributed by atoms with Crippen LogP contribution in [0, 0.1) is 0 Å². The zero-order valence-electron chi connectivity index (χ0n) is 8.22. The van der Waals surface area contributed by atoms with Gasteiger partial charge in [-0.15, -0.1) is 0 Å². The number of rotatable bonds is 4. The van der Waals surface area contributed by atoms with Crippen molar-refractivity contribution in [2.75, 3.05) is 14.1 Å². The van der Waals surface area contributed by atoms with Crippen molar-refractivity contribution in [1.29, 1.82) is 0 Å². The second-order valence-corrected chi connectivity index (χ2v) is 2.86. The topological polar surface area (TPSA) is 40.5 Å². The molecule has 0 aromatic heterocycles. The fourth-order valence-corrected chi connectivity index (χ4v) is 1.24. The second kappa shape index (κ2) is 4.80. The number of nitrogens with zero attached hydrogens (tertiary/aromatic N) is 1. The molecule has 0 amide bonds. The molecule has 0 unspecified atom stereocenters. The Kier molecular flexibility index (Phi) is 4.40. The Morgan fingerprint density at radius 3 is 1.75 bits per heavy atom. The van der Waals surface area contributed by atoms with Gasteiger partial charge in [0.1, 0.15) is 5.70 Å². The number of hydrogen-bond donors (Lipinski definition) is 1. The molecule has 0 spiro atoms. The summed E-state index contributed by atoms with van der Waals surface area (Å²) in [6.07, 6.45) is 1.60. The first-order chi connectivity index (χ1) is 5.54. The molecule has 3 heteroatoms. The molecule has 0 aliphatic rings. The van der Waals surface area contributed by atoms with Crippen molar-refractivity contribution in [2.24, 2.45) is 0 Å². The Morgan fingerprint density at radius 1 is 1.25 bits per heavy atom. The third-order valence-corrected chi connectivity index (χ3v) is 1.84. The monoisotopic (exact) mass is 171 g/mol. The summed E-state index contributed by atoms with van der Waals surface area (Å²) in [5.41, 5.74) is 1.42. The Balaban J connectivity index is 4.89. The first-order valence-corrected chi connectivity index (χ1v) is 4.17. The molecule has 70 valence electrons. The third kappa shape index (κ3) is 2.57. The van der Waals surface area contributed by atoms with Crippen molar-refractivity contribution >= 4 is 5.97 Å². The maximum absolute atomic E-state index is 10.8. The van der Waals surface area contributed by atoms with Crippen LogP contribution in [0.1, 0.15) is 26.7 Å². The molecule has 1 N–H and O–H groups in total. The van der Waals surface area contributed by atoms with Gasteiger partial charge in [-0.05, 0) is 18.4 Å². The van der Waals surface area contributed by atoms with Crippen LogP contribution in [-0.2, 0) is 4.79 Å². The summed E-state index contributed by atoms with van der Waals surface area (Å²) >= 11 is 0. The first kappa shape index (κ1) is 11.0. The average Bonchev–Trinajstić information content (AvgIpc) is 1.98. The lowest BCUT2D eigenvalue weighted by molar-refractivity contribution is -0.134. The second-order valence-electron chi connectivity index (χ2n) is 2.86. The molecule has 3 nitrogen and oxygen atoms in total. The highest BCUT2D eigenvalue weighted by Gasteiger charge is 2.13. The number of allylic oxidation sites excluding steroid dienone is 1. The molecule has 0 heterocycles. The predicted molar refractivity (Wildman–Crippen MR) is 48.9 cm³/mol. The van der Waals surface area contributed by atoms with Crippen molar-refractivity contribution in [1.82, 2.24) is 4.90 Å². The standard InChI is InChI=1S/C9H17NO2/c1-5-7(6-2)8(9(11)12)10(3)4/h5-6H2,1-4H3,(H,11,12). The normalized spacial score (nSPS) is 9.33. The Labute approximate surface area is 73.7 Å². The molecule has 0 saturated carbocycles. The summed E-state index contributed by atoms with van der Waals surface area (Å²) in [7, 11) is 3.52. The SMILES string of the molecule is CCC(CC)=C(C(=O)O)N(C)C. The average molecular weight is 171 g/mol. The van der Waals surface area contributed by atoms with E-state index in [1.54, 1.807) is 19.0 Å². The van der Waals surface area contributed by atoms with Gasteiger partial charge in [0, 0.05) is 14.1 Å². The predicted octanol–water partition coefficient (Wildman–Crippen LogP) is 1.71. The van der Waals surface area contributed by atoms with Gasteiger partial charge in [0.05, 0.1) is 0 Å². The molecule has 0 radical (unpaired) electrons. The van der Waals surface area contributed by atoms with E-state index in [0.29, 0.717) is 5.70 Å². The molecule has 0 rings (SSSR count). The zero-order chi connectivity index (χ0) is 9.72. The highest BCUT2D eigenvalue weighted by atomic mass is 16.4. The highest BCUT2D eigenvalue weighted by Crippen LogP contribution is 2.14. The number of carbonyl (C=O) groups is 1. The van der Waals surface area contributed by atoms with E-state index in [-0.39, 0.29) is 0 Å². The van der Waals surface area contributed by atoms with E-state index in [4.69, 9.17) is 5.11 Å². The number of aliphatic carboxylic acids is 1. The number of likely N-dealkylation sites (N-methyl/N-ethyl adjacent to an activating group) is 1. The lowest BCUT2D eigenvalue weighted by Crippen LogP contribution is -2.21. The molecule has 0 aromatic carbocycles. The van der Waals surface area contributed by atoms with E-state index >= 15 is 0 Å². The van der Waals surface area contributed by atoms with Crippen LogP contribution in [0.4, 0.5) is 0 Å². The zero-order valence-corrected chi connectivity index (χ0v) is 8.22. The van der Waals surface area contributed by atoms with Crippen LogP contribution < -0.4 is 0 Å². The largest absolute Gasteiger partial charge is 0.477 e. The Bertz CT molecular complexity index is 189. The maximum Gasteiger partial charge on any atom is 0.352 e. The quantitative estimate of drug-likeness (QED) is 0.654. The minimum atomic E-state index is -0.835. The maximum atomic E-state index is 10.8. The lowest BCUT2D eigenvalue weighted by atomic mass is 10.1. The van der Waals surface area contributed by atoms with Crippen LogP contribution in [0.25, 0.3) is 0 Å². The summed E-state index contributed by atoms with van der Waals surface area (Å²) in [5, 5.41) is 8.88. The summed E-state index contributed by atoms with van der Waals surface area (Å²) in [6, 6.07) is 0. The summed E-state index contributed by atoms with van der Waals surface area (Å²) in [6.45, 7) is 3.95. The smallest absolute Gasteiger partial charge is 0.352 e. The van der Waals surface area contributed by atoms with Gasteiger partial charge in [0.25, 0.3) is 0 Å². The van der Waals surface area contributed by atoms with E-state index in [2.05, 4.69) is 0 Å². The Morgan fingerprint density at radius 2 is 1.67 bits per heavy atom. The number of carboxylic acid groups (broad SMARTS) is 1. The summed E-state index contributed by atoms with van der Waals surface area (Å²) < 4.78 is 0. The minimum absolute atomic E-state index is 0.431. The van der Waals surface area contributed by atoms with Gasteiger partial charge in [0.2, 0.25) is 0 Å². The van der Waals surface area contributed by atoms with Crippen molar-refractivity contribution in [3.8, 4) is 0 Å². The highest BCUT2D eigenvalue weighted by molar-refractivity contribution is 5.86. The van der Waals surface area contributed by atoms with Crippen molar-refractivity contribution < 1.29 is 9.90 Å². The van der Waals surface area contributed by atoms with E-state index < -0.39 is 5.97 Å². The summed E-state index contributed by atoms with van der Waals surface area (Å²) in [4.78, 5) is 12.5. The van der Waals surface area contributed by atoms with Crippen molar-refractivity contribution in [3.63, 3.8) is 0 Å². The number of carboxylic acids is 1. The van der Waals surface area contributed by atoms with Gasteiger partial charge in [-0.3, -0.25) is 0 Å². The van der Waals surface area contributed by atoms with Crippen molar-refractivity contribution in [2.45, 2.75) is 26.7 Å². The van der Waals surface area contributed by atoms with E-state index in [1.165, 1.54) is 0 Å². The molecule has 0 atom stereocenters. The van der Waals surface area contributed by atoms with Crippen LogP contribution in [0.3, 0.4) is 0 Å². The van der Waals surface area contributed by atoms with Crippen LogP contribution >= 0.6 is 0 Å². The molecule has 0 aliphatic heterocycles. The first-order valence-electron chi connectivity index (χ1n) is 4.17. The molecule has 0 bridgehead atoms. The van der Waals surface area contributed by atoms with Gasteiger partial charge in [0.15, 0.2) is 0 Å². The van der Waals surface area contributed by atoms with Gasteiger partial charge in [-0.2, -0.15) is 0 Å². The molecular formula is C9H17NO2. The Hall–Kier alpha value is -0.990. The molecule has 0 aliphatic carbocycles. The minimum Gasteiger partial charge on any atom is -0.477 e.